The molecule has 0 aliphatic carbocycles. The van der Waals surface area contributed by atoms with Crippen molar-refractivity contribution < 1.29 is 28.5 Å². The molecule has 6 nitrogen and oxygen atoms in total. The molecule has 0 rings (SSSR count). The number of esters is 2. The number of halogens is 1. The van der Waals surface area contributed by atoms with Crippen molar-refractivity contribution in [2.24, 2.45) is 5.41 Å². The van der Waals surface area contributed by atoms with Crippen molar-refractivity contribution in [1.82, 2.24) is 0 Å². The molecular weight excluding hydrogens is 332 g/mol. The van der Waals surface area contributed by atoms with Crippen molar-refractivity contribution in [3.05, 3.63) is 0 Å². The van der Waals surface area contributed by atoms with Crippen LogP contribution in [0.15, 0.2) is 0 Å². The molecule has 0 aliphatic rings. The standard InChI is InChI=1S/C13H23BrO6/c1-13(2,9-10(14)11(15)18-4)12(16)20-8-7-19-6-5-17-3/h10H,5-9H2,1-4H3. The zero-order valence-corrected chi connectivity index (χ0v) is 14.0. The number of ether oxygens (including phenoxy) is 4. The molecule has 0 aromatic rings. The summed E-state index contributed by atoms with van der Waals surface area (Å²) >= 11 is 3.20. The molecule has 0 aromatic heterocycles. The monoisotopic (exact) mass is 354 g/mol. The van der Waals surface area contributed by atoms with Crippen LogP contribution in [-0.2, 0) is 28.5 Å². The summed E-state index contributed by atoms with van der Waals surface area (Å²) in [4.78, 5) is 22.7. The molecular formula is C13H23BrO6. The number of methoxy groups -OCH3 is 2. The van der Waals surface area contributed by atoms with E-state index in [1.807, 2.05) is 0 Å². The van der Waals surface area contributed by atoms with Crippen molar-refractivity contribution in [3.63, 3.8) is 0 Å². The number of rotatable bonds is 10. The highest BCUT2D eigenvalue weighted by Crippen LogP contribution is 2.27. The normalized spacial score (nSPS) is 12.8. The summed E-state index contributed by atoms with van der Waals surface area (Å²) in [6.07, 6.45) is 0.295. The van der Waals surface area contributed by atoms with Crippen molar-refractivity contribution in [2.45, 2.75) is 25.1 Å². The minimum absolute atomic E-state index is 0.178. The predicted molar refractivity (Wildman–Crippen MR) is 76.8 cm³/mol. The fourth-order valence-electron chi connectivity index (χ4n) is 1.38. The van der Waals surface area contributed by atoms with Crippen LogP contribution in [0.5, 0.6) is 0 Å². The third-order valence-corrected chi connectivity index (χ3v) is 3.29. The van der Waals surface area contributed by atoms with Gasteiger partial charge in [0, 0.05) is 7.11 Å². The van der Waals surface area contributed by atoms with E-state index in [4.69, 9.17) is 14.2 Å². The van der Waals surface area contributed by atoms with Crippen molar-refractivity contribution in [1.29, 1.82) is 0 Å². The summed E-state index contributed by atoms with van der Waals surface area (Å²) in [5.41, 5.74) is -0.783. The van der Waals surface area contributed by atoms with E-state index in [1.54, 1.807) is 21.0 Å². The Morgan fingerprint density at radius 3 is 2.25 bits per heavy atom. The molecule has 118 valence electrons. The van der Waals surface area contributed by atoms with Gasteiger partial charge in [-0.15, -0.1) is 0 Å². The zero-order valence-electron chi connectivity index (χ0n) is 12.4. The minimum Gasteiger partial charge on any atom is -0.468 e. The van der Waals surface area contributed by atoms with E-state index in [0.717, 1.165) is 0 Å². The maximum absolute atomic E-state index is 11.9. The molecule has 0 aliphatic heterocycles. The Balaban J connectivity index is 4.02. The molecule has 0 bridgehead atoms. The van der Waals surface area contributed by atoms with E-state index >= 15 is 0 Å². The van der Waals surface area contributed by atoms with E-state index in [2.05, 4.69) is 20.7 Å². The topological polar surface area (TPSA) is 71.1 Å². The fraction of sp³-hybridized carbons (Fsp3) is 0.846. The average Bonchev–Trinajstić information content (AvgIpc) is 2.40. The lowest BCUT2D eigenvalue weighted by Gasteiger charge is -2.24. The molecule has 0 fully saturated rings. The lowest BCUT2D eigenvalue weighted by Crippen LogP contribution is -2.33. The Kier molecular flexibility index (Phi) is 9.79. The lowest BCUT2D eigenvalue weighted by atomic mass is 9.88. The number of carbonyl (C=O) groups excluding carboxylic acids is 2. The highest BCUT2D eigenvalue weighted by Gasteiger charge is 2.34. The van der Waals surface area contributed by atoms with Gasteiger partial charge in [-0.05, 0) is 20.3 Å². The van der Waals surface area contributed by atoms with Gasteiger partial charge in [0.2, 0.25) is 0 Å². The van der Waals surface area contributed by atoms with Gasteiger partial charge in [-0.25, -0.2) is 0 Å². The second-order valence-electron chi connectivity index (χ2n) is 4.82. The van der Waals surface area contributed by atoms with Crippen molar-refractivity contribution >= 4 is 27.9 Å². The summed E-state index contributed by atoms with van der Waals surface area (Å²) in [5, 5.41) is 0. The molecule has 7 heteroatoms. The fourth-order valence-corrected chi connectivity index (χ4v) is 2.37. The van der Waals surface area contributed by atoms with Gasteiger partial charge >= 0.3 is 11.9 Å². The first-order chi connectivity index (χ1) is 9.35. The molecule has 0 N–H and O–H groups in total. The van der Waals surface area contributed by atoms with Gasteiger partial charge in [-0.1, -0.05) is 15.9 Å². The summed E-state index contributed by atoms with van der Waals surface area (Å²) in [7, 11) is 2.89. The van der Waals surface area contributed by atoms with Crippen LogP contribution in [-0.4, -0.2) is 57.4 Å². The molecule has 20 heavy (non-hydrogen) atoms. The minimum atomic E-state index is -0.783. The third-order valence-electron chi connectivity index (χ3n) is 2.59. The van der Waals surface area contributed by atoms with Crippen LogP contribution in [0, 0.1) is 5.41 Å². The quantitative estimate of drug-likeness (QED) is 0.336. The Morgan fingerprint density at radius 1 is 1.10 bits per heavy atom. The van der Waals surface area contributed by atoms with Gasteiger partial charge in [0.25, 0.3) is 0 Å². The molecule has 0 spiro atoms. The van der Waals surface area contributed by atoms with Crippen LogP contribution in [0.4, 0.5) is 0 Å². The molecule has 0 heterocycles. The number of hydrogen-bond acceptors (Lipinski definition) is 6. The van der Waals surface area contributed by atoms with Crippen molar-refractivity contribution in [2.75, 3.05) is 40.6 Å². The summed E-state index contributed by atoms with van der Waals surface area (Å²) in [6.45, 7) is 4.90. The largest absolute Gasteiger partial charge is 0.468 e. The van der Waals surface area contributed by atoms with E-state index in [1.165, 1.54) is 7.11 Å². The maximum Gasteiger partial charge on any atom is 0.319 e. The predicted octanol–water partition coefficient (Wildman–Crippen LogP) is 1.55. The van der Waals surface area contributed by atoms with Gasteiger partial charge in [0.15, 0.2) is 0 Å². The number of alkyl halides is 1. The Hall–Kier alpha value is -0.660. The number of carbonyl (C=O) groups is 2. The van der Waals surface area contributed by atoms with Gasteiger partial charge in [0.1, 0.15) is 11.4 Å². The van der Waals surface area contributed by atoms with Crippen LogP contribution < -0.4 is 0 Å². The van der Waals surface area contributed by atoms with Crippen LogP contribution in [0.2, 0.25) is 0 Å². The second kappa shape index (κ2) is 10.1. The van der Waals surface area contributed by atoms with E-state index in [9.17, 15) is 9.59 Å². The molecule has 1 unspecified atom stereocenters. The lowest BCUT2D eigenvalue weighted by molar-refractivity contribution is -0.156. The molecule has 0 aromatic carbocycles. The Morgan fingerprint density at radius 2 is 1.70 bits per heavy atom. The van der Waals surface area contributed by atoms with E-state index in [-0.39, 0.29) is 12.6 Å². The van der Waals surface area contributed by atoms with Gasteiger partial charge < -0.3 is 18.9 Å². The molecule has 1 atom stereocenters. The zero-order chi connectivity index (χ0) is 15.6. The second-order valence-corrected chi connectivity index (χ2v) is 5.93. The Labute approximate surface area is 128 Å². The molecule has 0 amide bonds. The van der Waals surface area contributed by atoms with Gasteiger partial charge in [0.05, 0.1) is 32.3 Å². The van der Waals surface area contributed by atoms with Gasteiger partial charge in [-0.3, -0.25) is 9.59 Å². The summed E-state index contributed by atoms with van der Waals surface area (Å²) in [6, 6.07) is 0. The van der Waals surface area contributed by atoms with Gasteiger partial charge in [-0.2, -0.15) is 0 Å². The number of hydrogen-bond donors (Lipinski definition) is 0. The maximum atomic E-state index is 11.9. The highest BCUT2D eigenvalue weighted by molar-refractivity contribution is 9.10. The summed E-state index contributed by atoms with van der Waals surface area (Å²) in [5.74, 6) is -0.782. The smallest absolute Gasteiger partial charge is 0.319 e. The average molecular weight is 355 g/mol. The Bertz CT molecular complexity index is 305. The van der Waals surface area contributed by atoms with E-state index in [0.29, 0.717) is 26.2 Å². The first-order valence-corrected chi connectivity index (χ1v) is 7.22. The van der Waals surface area contributed by atoms with Crippen LogP contribution >= 0.6 is 15.9 Å². The first-order valence-electron chi connectivity index (χ1n) is 6.31. The van der Waals surface area contributed by atoms with Crippen molar-refractivity contribution in [3.8, 4) is 0 Å². The highest BCUT2D eigenvalue weighted by atomic mass is 79.9. The third kappa shape index (κ3) is 7.81. The molecule has 0 saturated heterocycles. The molecule has 0 saturated carbocycles. The first kappa shape index (κ1) is 19.3. The summed E-state index contributed by atoms with van der Waals surface area (Å²) < 4.78 is 19.7. The van der Waals surface area contributed by atoms with Crippen LogP contribution in [0.25, 0.3) is 0 Å². The van der Waals surface area contributed by atoms with E-state index < -0.39 is 16.2 Å². The van der Waals surface area contributed by atoms with Crippen LogP contribution in [0.3, 0.4) is 0 Å². The SMILES string of the molecule is COCCOCCOC(=O)C(C)(C)CC(Br)C(=O)OC. The molecule has 0 radical (unpaired) electrons. The van der Waals surface area contributed by atoms with Crippen LogP contribution in [0.1, 0.15) is 20.3 Å².